The molecule has 0 unspecified atom stereocenters. The van der Waals surface area contributed by atoms with Gasteiger partial charge in [-0.3, -0.25) is 4.79 Å². The van der Waals surface area contributed by atoms with E-state index in [0.717, 1.165) is 24.2 Å². The first-order valence-corrected chi connectivity index (χ1v) is 8.59. The Kier molecular flexibility index (Phi) is 4.32. The zero-order valence-corrected chi connectivity index (χ0v) is 13.0. The fourth-order valence-electron chi connectivity index (χ4n) is 1.20. The molecule has 1 amide bonds. The molecule has 0 aromatic carbocycles. The Bertz CT molecular complexity index is 549. The van der Waals surface area contributed by atoms with E-state index in [-0.39, 0.29) is 22.7 Å². The maximum absolute atomic E-state index is 11.8. The summed E-state index contributed by atoms with van der Waals surface area (Å²) in [4.78, 5) is 11.4. The van der Waals surface area contributed by atoms with Gasteiger partial charge in [-0.15, -0.1) is 11.3 Å². The van der Waals surface area contributed by atoms with Crippen LogP contribution in [-0.2, 0) is 14.8 Å². The van der Waals surface area contributed by atoms with Crippen LogP contribution in [-0.4, -0.2) is 26.9 Å². The van der Waals surface area contributed by atoms with E-state index in [1.54, 1.807) is 0 Å². The number of thiophene rings is 1. The van der Waals surface area contributed by atoms with Gasteiger partial charge in [-0.05, 0) is 34.8 Å². The Balaban J connectivity index is 1.96. The van der Waals surface area contributed by atoms with Crippen LogP contribution in [0.15, 0.2) is 14.1 Å². The molecule has 1 aliphatic carbocycles. The van der Waals surface area contributed by atoms with Crippen molar-refractivity contribution in [2.75, 3.05) is 6.54 Å². The fourth-order valence-corrected chi connectivity index (χ4v) is 4.62. The van der Waals surface area contributed by atoms with E-state index >= 15 is 0 Å². The van der Waals surface area contributed by atoms with Crippen LogP contribution in [0.5, 0.6) is 0 Å². The summed E-state index contributed by atoms with van der Waals surface area (Å²) in [7, 11) is -3.68. The van der Waals surface area contributed by atoms with Crippen molar-refractivity contribution in [2.24, 2.45) is 0 Å². The molecule has 0 spiro atoms. The Morgan fingerprint density at radius 1 is 1.56 bits per heavy atom. The highest BCUT2D eigenvalue weighted by molar-refractivity contribution is 9.11. The average molecular weight is 374 g/mol. The lowest BCUT2D eigenvalue weighted by molar-refractivity contribution is -0.120. The molecule has 5 nitrogen and oxygen atoms in total. The standard InChI is InChI=1S/C9H10BrClN2O3S2/c10-9-6(11)3-8(17-9)18(15,16)12-4-7(14)13-5-1-2-5/h3,5,12H,1-2,4H2,(H,13,14). The highest BCUT2D eigenvalue weighted by Crippen LogP contribution is 2.34. The van der Waals surface area contributed by atoms with Gasteiger partial charge in [0.1, 0.15) is 4.21 Å². The Morgan fingerprint density at radius 2 is 2.22 bits per heavy atom. The van der Waals surface area contributed by atoms with Crippen molar-refractivity contribution in [2.45, 2.75) is 23.1 Å². The second-order valence-electron chi connectivity index (χ2n) is 3.85. The fraction of sp³-hybridized carbons (Fsp3) is 0.444. The summed E-state index contributed by atoms with van der Waals surface area (Å²) in [5.74, 6) is -0.317. The summed E-state index contributed by atoms with van der Waals surface area (Å²) in [6, 6.07) is 1.56. The number of hydrogen-bond donors (Lipinski definition) is 2. The van der Waals surface area contributed by atoms with Gasteiger partial charge in [0.05, 0.1) is 15.4 Å². The van der Waals surface area contributed by atoms with Crippen molar-refractivity contribution in [3.8, 4) is 0 Å². The normalized spacial score (nSPS) is 15.7. The molecule has 2 rings (SSSR count). The minimum Gasteiger partial charge on any atom is -0.352 e. The predicted molar refractivity (Wildman–Crippen MR) is 73.4 cm³/mol. The van der Waals surface area contributed by atoms with Gasteiger partial charge in [0.15, 0.2) is 0 Å². The van der Waals surface area contributed by atoms with Gasteiger partial charge >= 0.3 is 0 Å². The topological polar surface area (TPSA) is 75.3 Å². The summed E-state index contributed by atoms with van der Waals surface area (Å²) < 4.78 is 26.6. The molecular weight excluding hydrogens is 364 g/mol. The molecule has 0 atom stereocenters. The second kappa shape index (κ2) is 5.46. The molecule has 1 fully saturated rings. The number of amides is 1. The number of sulfonamides is 1. The smallest absolute Gasteiger partial charge is 0.250 e. The van der Waals surface area contributed by atoms with Crippen molar-refractivity contribution in [1.82, 2.24) is 10.0 Å². The number of carbonyl (C=O) groups excluding carboxylic acids is 1. The monoisotopic (exact) mass is 372 g/mol. The first-order chi connectivity index (χ1) is 8.38. The van der Waals surface area contributed by atoms with Crippen molar-refractivity contribution >= 4 is 54.8 Å². The SMILES string of the molecule is O=C(CNS(=O)(=O)c1cc(Cl)c(Br)s1)NC1CC1. The molecule has 0 bridgehead atoms. The van der Waals surface area contributed by atoms with Crippen LogP contribution in [0.3, 0.4) is 0 Å². The maximum Gasteiger partial charge on any atom is 0.250 e. The molecule has 0 radical (unpaired) electrons. The van der Waals surface area contributed by atoms with Gasteiger partial charge in [-0.2, -0.15) is 0 Å². The van der Waals surface area contributed by atoms with Crippen LogP contribution in [0.1, 0.15) is 12.8 Å². The molecule has 18 heavy (non-hydrogen) atoms. The lowest BCUT2D eigenvalue weighted by Crippen LogP contribution is -2.37. The number of hydrogen-bond acceptors (Lipinski definition) is 4. The third kappa shape index (κ3) is 3.67. The zero-order chi connectivity index (χ0) is 13.3. The Labute approximate surface area is 122 Å². The van der Waals surface area contributed by atoms with Crippen molar-refractivity contribution in [3.05, 3.63) is 14.9 Å². The summed E-state index contributed by atoms with van der Waals surface area (Å²) in [6.07, 6.45) is 1.93. The molecule has 1 saturated carbocycles. The Morgan fingerprint density at radius 3 is 2.72 bits per heavy atom. The van der Waals surface area contributed by atoms with Gasteiger partial charge in [-0.25, -0.2) is 13.1 Å². The first-order valence-electron chi connectivity index (χ1n) is 5.12. The van der Waals surface area contributed by atoms with E-state index in [1.165, 1.54) is 6.07 Å². The average Bonchev–Trinajstić information content (AvgIpc) is 3.03. The predicted octanol–water partition coefficient (Wildman–Crippen LogP) is 1.72. The highest BCUT2D eigenvalue weighted by atomic mass is 79.9. The molecule has 2 N–H and O–H groups in total. The maximum atomic E-state index is 11.8. The third-order valence-corrected chi connectivity index (χ3v) is 6.60. The zero-order valence-electron chi connectivity index (χ0n) is 9.07. The summed E-state index contributed by atoms with van der Waals surface area (Å²) >= 11 is 9.91. The van der Waals surface area contributed by atoms with Crippen molar-refractivity contribution < 1.29 is 13.2 Å². The van der Waals surface area contributed by atoms with Crippen LogP contribution >= 0.6 is 38.9 Å². The van der Waals surface area contributed by atoms with Crippen LogP contribution in [0.2, 0.25) is 5.02 Å². The van der Waals surface area contributed by atoms with Crippen molar-refractivity contribution in [3.63, 3.8) is 0 Å². The molecule has 0 aliphatic heterocycles. The van der Waals surface area contributed by atoms with Crippen molar-refractivity contribution in [1.29, 1.82) is 0 Å². The largest absolute Gasteiger partial charge is 0.352 e. The van der Waals surface area contributed by atoms with E-state index in [9.17, 15) is 13.2 Å². The van der Waals surface area contributed by atoms with E-state index in [1.807, 2.05) is 0 Å². The number of carbonyl (C=O) groups is 1. The summed E-state index contributed by atoms with van der Waals surface area (Å²) in [6.45, 7) is -0.258. The van der Waals surface area contributed by atoms with Crippen LogP contribution in [0.25, 0.3) is 0 Å². The van der Waals surface area contributed by atoms with Gasteiger partial charge in [-0.1, -0.05) is 11.6 Å². The lowest BCUT2D eigenvalue weighted by Gasteiger charge is -2.05. The number of nitrogens with one attached hydrogen (secondary N) is 2. The minimum absolute atomic E-state index is 0.0820. The van der Waals surface area contributed by atoms with E-state index in [2.05, 4.69) is 26.0 Å². The Hall–Kier alpha value is -0.150. The summed E-state index contributed by atoms with van der Waals surface area (Å²) in [5, 5.41) is 3.03. The van der Waals surface area contributed by atoms with E-state index in [4.69, 9.17) is 11.6 Å². The van der Waals surface area contributed by atoms with Gasteiger partial charge in [0, 0.05) is 6.04 Å². The molecule has 9 heteroatoms. The molecule has 1 heterocycles. The van der Waals surface area contributed by atoms with Crippen LogP contribution < -0.4 is 10.0 Å². The molecule has 1 aromatic rings. The van der Waals surface area contributed by atoms with E-state index < -0.39 is 10.0 Å². The lowest BCUT2D eigenvalue weighted by atomic mass is 10.5. The van der Waals surface area contributed by atoms with Gasteiger partial charge in [0.25, 0.3) is 10.0 Å². The third-order valence-electron chi connectivity index (χ3n) is 2.25. The number of rotatable bonds is 5. The van der Waals surface area contributed by atoms with Crippen LogP contribution in [0, 0.1) is 0 Å². The molecule has 1 aliphatic rings. The molecule has 1 aromatic heterocycles. The second-order valence-corrected chi connectivity index (χ2v) is 8.62. The first kappa shape index (κ1) is 14.3. The van der Waals surface area contributed by atoms with E-state index in [0.29, 0.717) is 8.81 Å². The molecular formula is C9H10BrClN2O3S2. The minimum atomic E-state index is -3.68. The summed E-state index contributed by atoms with van der Waals surface area (Å²) in [5.41, 5.74) is 0. The van der Waals surface area contributed by atoms with Gasteiger partial charge in [0.2, 0.25) is 5.91 Å². The quantitative estimate of drug-likeness (QED) is 0.825. The molecule has 100 valence electrons. The highest BCUT2D eigenvalue weighted by Gasteiger charge is 2.24. The number of halogens is 2. The molecule has 0 saturated heterocycles. The van der Waals surface area contributed by atoms with Crippen LogP contribution in [0.4, 0.5) is 0 Å². The van der Waals surface area contributed by atoms with Gasteiger partial charge < -0.3 is 5.32 Å².